The van der Waals surface area contributed by atoms with Crippen molar-refractivity contribution in [3.05, 3.63) is 34.9 Å². The molecule has 0 unspecified atom stereocenters. The molecule has 0 aliphatic carbocycles. The molecule has 1 amide bonds. The lowest BCUT2D eigenvalue weighted by Crippen LogP contribution is -2.32. The maximum atomic E-state index is 11.4. The number of hydrogen-bond acceptors (Lipinski definition) is 2. The predicted octanol–water partition coefficient (Wildman–Crippen LogP) is 2.19. The molecule has 1 heterocycles. The van der Waals surface area contributed by atoms with Gasteiger partial charge in [0.1, 0.15) is 0 Å². The highest BCUT2D eigenvalue weighted by molar-refractivity contribution is 5.94. The first kappa shape index (κ1) is 11.8. The van der Waals surface area contributed by atoms with E-state index in [0.717, 1.165) is 24.1 Å². The fourth-order valence-corrected chi connectivity index (χ4v) is 2.40. The Labute approximate surface area is 101 Å². The number of nitrogens with one attached hydrogen (secondary N) is 1. The molecular weight excluding hydrogens is 214 g/mol. The molecule has 0 saturated carbocycles. The van der Waals surface area contributed by atoms with Crippen molar-refractivity contribution >= 4 is 11.7 Å². The van der Waals surface area contributed by atoms with Crippen LogP contribution < -0.4 is 5.32 Å². The summed E-state index contributed by atoms with van der Waals surface area (Å²) in [5, 5.41) is 2.84. The fourth-order valence-electron chi connectivity index (χ4n) is 2.40. The van der Waals surface area contributed by atoms with Crippen LogP contribution in [-0.4, -0.2) is 18.2 Å². The van der Waals surface area contributed by atoms with Gasteiger partial charge in [-0.1, -0.05) is 12.1 Å². The summed E-state index contributed by atoms with van der Waals surface area (Å²) < 4.78 is 0. The zero-order chi connectivity index (χ0) is 12.4. The normalized spacial score (nSPS) is 19.9. The van der Waals surface area contributed by atoms with E-state index in [1.807, 2.05) is 25.1 Å². The zero-order valence-electron chi connectivity index (χ0n) is 10.2. The first-order valence-electron chi connectivity index (χ1n) is 5.96. The number of piperidine rings is 1. The Morgan fingerprint density at radius 2 is 2.18 bits per heavy atom. The van der Waals surface area contributed by atoms with E-state index in [0.29, 0.717) is 12.3 Å². The Hall–Kier alpha value is -1.64. The molecule has 2 rings (SSSR count). The molecule has 3 heteroatoms. The number of Topliss-reactive ketones (excluding diaryl/α,β-unsaturated/α-hetero) is 1. The Kier molecular flexibility index (Phi) is 3.27. The molecule has 0 spiro atoms. The molecular formula is C14H17NO2. The highest BCUT2D eigenvalue weighted by Crippen LogP contribution is 2.28. The summed E-state index contributed by atoms with van der Waals surface area (Å²) in [4.78, 5) is 22.6. The molecule has 1 aromatic carbocycles. The van der Waals surface area contributed by atoms with Gasteiger partial charge in [-0.25, -0.2) is 0 Å². The fraction of sp³-hybridized carbons (Fsp3) is 0.429. The number of aryl methyl sites for hydroxylation is 1. The maximum Gasteiger partial charge on any atom is 0.220 e. The minimum Gasteiger partial charge on any atom is -0.356 e. The Balaban J connectivity index is 2.26. The third kappa shape index (κ3) is 2.54. The van der Waals surface area contributed by atoms with Crippen LogP contribution in [0.3, 0.4) is 0 Å². The van der Waals surface area contributed by atoms with E-state index in [-0.39, 0.29) is 11.7 Å². The molecule has 0 bridgehead atoms. The van der Waals surface area contributed by atoms with Crippen LogP contribution in [0, 0.1) is 6.92 Å². The van der Waals surface area contributed by atoms with Crippen molar-refractivity contribution in [2.24, 2.45) is 0 Å². The molecule has 17 heavy (non-hydrogen) atoms. The third-order valence-corrected chi connectivity index (χ3v) is 3.36. The smallest absolute Gasteiger partial charge is 0.220 e. The van der Waals surface area contributed by atoms with Crippen LogP contribution in [0.5, 0.6) is 0 Å². The maximum absolute atomic E-state index is 11.4. The van der Waals surface area contributed by atoms with Gasteiger partial charge in [0.25, 0.3) is 0 Å². The van der Waals surface area contributed by atoms with Crippen LogP contribution in [0.4, 0.5) is 0 Å². The van der Waals surface area contributed by atoms with Gasteiger partial charge < -0.3 is 5.32 Å². The van der Waals surface area contributed by atoms with Gasteiger partial charge in [0.2, 0.25) is 5.91 Å². The molecule has 1 aliphatic heterocycles. The number of carbonyl (C=O) groups is 2. The molecule has 90 valence electrons. The van der Waals surface area contributed by atoms with E-state index in [2.05, 4.69) is 5.32 Å². The van der Waals surface area contributed by atoms with E-state index in [9.17, 15) is 9.59 Å². The van der Waals surface area contributed by atoms with E-state index in [1.54, 1.807) is 6.92 Å². The van der Waals surface area contributed by atoms with Crippen molar-refractivity contribution in [1.29, 1.82) is 0 Å². The summed E-state index contributed by atoms with van der Waals surface area (Å²) >= 11 is 0. The Morgan fingerprint density at radius 1 is 1.41 bits per heavy atom. The summed E-state index contributed by atoms with van der Waals surface area (Å²) in [5.74, 6) is 0.502. The van der Waals surface area contributed by atoms with Crippen molar-refractivity contribution in [1.82, 2.24) is 5.32 Å². The van der Waals surface area contributed by atoms with Crippen LogP contribution >= 0.6 is 0 Å². The minimum absolute atomic E-state index is 0.0843. The van der Waals surface area contributed by atoms with Gasteiger partial charge in [-0.05, 0) is 43.4 Å². The number of rotatable bonds is 2. The van der Waals surface area contributed by atoms with Gasteiger partial charge >= 0.3 is 0 Å². The van der Waals surface area contributed by atoms with Crippen molar-refractivity contribution in [3.63, 3.8) is 0 Å². The second kappa shape index (κ2) is 4.70. The molecule has 1 atom stereocenters. The molecule has 1 aromatic rings. The monoisotopic (exact) mass is 231 g/mol. The molecule has 0 radical (unpaired) electrons. The largest absolute Gasteiger partial charge is 0.356 e. The molecule has 0 aromatic heterocycles. The van der Waals surface area contributed by atoms with Crippen molar-refractivity contribution < 1.29 is 9.59 Å². The molecule has 1 N–H and O–H groups in total. The van der Waals surface area contributed by atoms with E-state index >= 15 is 0 Å². The van der Waals surface area contributed by atoms with E-state index < -0.39 is 0 Å². The average molecular weight is 231 g/mol. The van der Waals surface area contributed by atoms with Gasteiger partial charge in [-0.2, -0.15) is 0 Å². The zero-order valence-corrected chi connectivity index (χ0v) is 10.2. The van der Waals surface area contributed by atoms with E-state index in [1.165, 1.54) is 5.56 Å². The van der Waals surface area contributed by atoms with Gasteiger partial charge in [-0.15, -0.1) is 0 Å². The summed E-state index contributed by atoms with van der Waals surface area (Å²) in [6.07, 6.45) is 1.53. The van der Waals surface area contributed by atoms with Gasteiger partial charge in [0.15, 0.2) is 5.78 Å². The summed E-state index contributed by atoms with van der Waals surface area (Å²) in [7, 11) is 0. The lowest BCUT2D eigenvalue weighted by atomic mass is 9.86. The topological polar surface area (TPSA) is 46.2 Å². The first-order chi connectivity index (χ1) is 8.08. The van der Waals surface area contributed by atoms with Crippen LogP contribution in [0.2, 0.25) is 0 Å². The Morgan fingerprint density at radius 3 is 2.76 bits per heavy atom. The summed E-state index contributed by atoms with van der Waals surface area (Å²) in [5.41, 5.74) is 3.05. The number of amides is 1. The van der Waals surface area contributed by atoms with Crippen molar-refractivity contribution in [2.75, 3.05) is 6.54 Å². The minimum atomic E-state index is 0.0843. The first-order valence-corrected chi connectivity index (χ1v) is 5.96. The molecule has 3 nitrogen and oxygen atoms in total. The van der Waals surface area contributed by atoms with Gasteiger partial charge in [0, 0.05) is 18.5 Å². The lowest BCUT2D eigenvalue weighted by Gasteiger charge is -2.24. The van der Waals surface area contributed by atoms with Gasteiger partial charge in [-0.3, -0.25) is 9.59 Å². The second-order valence-corrected chi connectivity index (χ2v) is 4.67. The average Bonchev–Trinajstić information content (AvgIpc) is 2.28. The second-order valence-electron chi connectivity index (χ2n) is 4.67. The van der Waals surface area contributed by atoms with Crippen LogP contribution in [0.15, 0.2) is 18.2 Å². The summed E-state index contributed by atoms with van der Waals surface area (Å²) in [6, 6.07) is 5.77. The quantitative estimate of drug-likeness (QED) is 0.793. The lowest BCUT2D eigenvalue weighted by molar-refractivity contribution is -0.122. The molecule has 1 fully saturated rings. The number of ketones is 1. The predicted molar refractivity (Wildman–Crippen MR) is 66.2 cm³/mol. The van der Waals surface area contributed by atoms with Crippen molar-refractivity contribution in [2.45, 2.75) is 32.6 Å². The number of benzene rings is 1. The molecule has 1 saturated heterocycles. The highest BCUT2D eigenvalue weighted by Gasteiger charge is 2.22. The number of carbonyl (C=O) groups excluding carboxylic acids is 2. The van der Waals surface area contributed by atoms with E-state index in [4.69, 9.17) is 0 Å². The third-order valence-electron chi connectivity index (χ3n) is 3.36. The van der Waals surface area contributed by atoms with Crippen LogP contribution in [0.1, 0.15) is 47.2 Å². The SMILES string of the molecule is CC(=O)c1ccc([C@@H]2CCNC(=O)C2)c(C)c1. The highest BCUT2D eigenvalue weighted by atomic mass is 16.1. The Bertz CT molecular complexity index is 465. The summed E-state index contributed by atoms with van der Waals surface area (Å²) in [6.45, 7) is 4.33. The van der Waals surface area contributed by atoms with Crippen LogP contribution in [-0.2, 0) is 4.79 Å². The standard InChI is InChI=1S/C14H17NO2/c1-9-7-11(10(2)16)3-4-13(9)12-5-6-15-14(17)8-12/h3-4,7,12H,5-6,8H2,1-2H3,(H,15,17)/t12-/m1/s1. The molecule has 1 aliphatic rings. The van der Waals surface area contributed by atoms with Crippen molar-refractivity contribution in [3.8, 4) is 0 Å². The number of hydrogen-bond donors (Lipinski definition) is 1. The van der Waals surface area contributed by atoms with Gasteiger partial charge in [0.05, 0.1) is 0 Å². The van der Waals surface area contributed by atoms with Crippen LogP contribution in [0.25, 0.3) is 0 Å².